The van der Waals surface area contributed by atoms with E-state index in [2.05, 4.69) is 31.2 Å². The molecule has 0 heterocycles. The third kappa shape index (κ3) is 3.77. The summed E-state index contributed by atoms with van der Waals surface area (Å²) in [6.45, 7) is 3.31. The fourth-order valence-electron chi connectivity index (χ4n) is 2.55. The Balaban J connectivity index is 1.70. The van der Waals surface area contributed by atoms with Crippen molar-refractivity contribution in [2.24, 2.45) is 0 Å². The van der Waals surface area contributed by atoms with Gasteiger partial charge in [0.25, 0.3) is 0 Å². The summed E-state index contributed by atoms with van der Waals surface area (Å²) < 4.78 is 5.82. The van der Waals surface area contributed by atoms with E-state index in [1.165, 1.54) is 16.7 Å². The van der Waals surface area contributed by atoms with Gasteiger partial charge in [-0.15, -0.1) is 0 Å². The van der Waals surface area contributed by atoms with Gasteiger partial charge in [0, 0.05) is 5.56 Å². The van der Waals surface area contributed by atoms with Gasteiger partial charge < -0.3 is 9.84 Å². The molecule has 2 aromatic rings. The number of allylic oxidation sites excluding steroid dienone is 1. The first kappa shape index (κ1) is 14.9. The summed E-state index contributed by atoms with van der Waals surface area (Å²) in [4.78, 5) is 0. The Morgan fingerprint density at radius 1 is 0.955 bits per heavy atom. The van der Waals surface area contributed by atoms with Crippen LogP contribution in [0.2, 0.25) is 0 Å². The highest BCUT2D eigenvalue weighted by molar-refractivity contribution is 5.66. The van der Waals surface area contributed by atoms with Crippen molar-refractivity contribution in [2.75, 3.05) is 0 Å². The van der Waals surface area contributed by atoms with E-state index >= 15 is 0 Å². The SMILES string of the molecule is CCc1cc(COCc2ccccc2)cc(C(O)=C2CC2)c1. The first-order valence-electron chi connectivity index (χ1n) is 7.92. The molecule has 1 saturated carbocycles. The van der Waals surface area contributed by atoms with Crippen molar-refractivity contribution >= 4 is 5.76 Å². The number of hydrogen-bond donors (Lipinski definition) is 1. The van der Waals surface area contributed by atoms with E-state index in [1.54, 1.807) is 0 Å². The summed E-state index contributed by atoms with van der Waals surface area (Å²) in [7, 11) is 0. The maximum absolute atomic E-state index is 10.2. The Morgan fingerprint density at radius 3 is 2.32 bits per heavy atom. The second-order valence-electron chi connectivity index (χ2n) is 5.82. The van der Waals surface area contributed by atoms with Gasteiger partial charge in [-0.1, -0.05) is 43.3 Å². The molecule has 2 nitrogen and oxygen atoms in total. The molecule has 3 rings (SSSR count). The normalized spacial score (nSPS) is 13.2. The first-order chi connectivity index (χ1) is 10.8. The largest absolute Gasteiger partial charge is 0.507 e. The van der Waals surface area contributed by atoms with Gasteiger partial charge in [-0.3, -0.25) is 0 Å². The van der Waals surface area contributed by atoms with E-state index in [1.807, 2.05) is 24.3 Å². The summed E-state index contributed by atoms with van der Waals surface area (Å²) in [6.07, 6.45) is 3.02. The van der Waals surface area contributed by atoms with E-state index in [0.29, 0.717) is 19.0 Å². The molecule has 0 spiro atoms. The topological polar surface area (TPSA) is 29.5 Å². The average Bonchev–Trinajstić information content (AvgIpc) is 3.40. The highest BCUT2D eigenvalue weighted by Gasteiger charge is 2.19. The number of ether oxygens (including phenoxy) is 1. The number of aryl methyl sites for hydroxylation is 1. The van der Waals surface area contributed by atoms with E-state index in [4.69, 9.17) is 4.74 Å². The highest BCUT2D eigenvalue weighted by Crippen LogP contribution is 2.35. The monoisotopic (exact) mass is 294 g/mol. The van der Waals surface area contributed by atoms with Gasteiger partial charge in [0.15, 0.2) is 0 Å². The zero-order valence-corrected chi connectivity index (χ0v) is 13.0. The lowest BCUT2D eigenvalue weighted by molar-refractivity contribution is 0.107. The van der Waals surface area contributed by atoms with Gasteiger partial charge in [0.1, 0.15) is 5.76 Å². The minimum atomic E-state index is 0.472. The van der Waals surface area contributed by atoms with Crippen LogP contribution in [0.3, 0.4) is 0 Å². The molecule has 0 saturated heterocycles. The first-order valence-corrected chi connectivity index (χ1v) is 7.92. The summed E-state index contributed by atoms with van der Waals surface area (Å²) in [5, 5.41) is 10.2. The molecule has 0 aromatic heterocycles. The fraction of sp³-hybridized carbons (Fsp3) is 0.300. The van der Waals surface area contributed by atoms with Gasteiger partial charge in [-0.25, -0.2) is 0 Å². The van der Waals surface area contributed by atoms with Crippen molar-refractivity contribution in [1.29, 1.82) is 0 Å². The molecular weight excluding hydrogens is 272 g/mol. The van der Waals surface area contributed by atoms with Crippen molar-refractivity contribution < 1.29 is 9.84 Å². The van der Waals surface area contributed by atoms with E-state index < -0.39 is 0 Å². The van der Waals surface area contributed by atoms with Crippen LogP contribution in [0, 0.1) is 0 Å². The summed E-state index contributed by atoms with van der Waals surface area (Å²) in [6, 6.07) is 16.5. The molecule has 0 atom stereocenters. The molecule has 0 bridgehead atoms. The highest BCUT2D eigenvalue weighted by atomic mass is 16.5. The van der Waals surface area contributed by atoms with Crippen molar-refractivity contribution in [3.63, 3.8) is 0 Å². The van der Waals surface area contributed by atoms with Crippen LogP contribution in [0.25, 0.3) is 5.76 Å². The standard InChI is InChI=1S/C20H22O2/c1-2-15-10-17(12-19(11-15)20(21)18-8-9-18)14-22-13-16-6-4-3-5-7-16/h3-7,10-12,21H,2,8-9,13-14H2,1H3. The van der Waals surface area contributed by atoms with Crippen LogP contribution < -0.4 is 0 Å². The Bertz CT molecular complexity index is 665. The Kier molecular flexibility index (Phi) is 4.59. The molecule has 1 aliphatic rings. The predicted octanol–water partition coefficient (Wildman–Crippen LogP) is 5.03. The quantitative estimate of drug-likeness (QED) is 0.757. The molecular formula is C20H22O2. The molecule has 22 heavy (non-hydrogen) atoms. The third-order valence-electron chi connectivity index (χ3n) is 3.95. The molecule has 2 aromatic carbocycles. The molecule has 0 radical (unpaired) electrons. The zero-order chi connectivity index (χ0) is 15.4. The van der Waals surface area contributed by atoms with Crippen LogP contribution in [0.1, 0.15) is 42.0 Å². The third-order valence-corrected chi connectivity index (χ3v) is 3.95. The van der Waals surface area contributed by atoms with Gasteiger partial charge >= 0.3 is 0 Å². The number of rotatable bonds is 6. The van der Waals surface area contributed by atoms with Crippen molar-refractivity contribution in [3.8, 4) is 0 Å². The van der Waals surface area contributed by atoms with Gasteiger partial charge in [-0.2, -0.15) is 0 Å². The molecule has 114 valence electrons. The lowest BCUT2D eigenvalue weighted by atomic mass is 10.0. The van der Waals surface area contributed by atoms with Crippen molar-refractivity contribution in [2.45, 2.75) is 39.4 Å². The molecule has 0 amide bonds. The smallest absolute Gasteiger partial charge is 0.122 e. The Labute approximate surface area is 132 Å². The minimum absolute atomic E-state index is 0.472. The van der Waals surface area contributed by atoms with E-state index in [-0.39, 0.29) is 0 Å². The second-order valence-corrected chi connectivity index (χ2v) is 5.82. The van der Waals surface area contributed by atoms with E-state index in [9.17, 15) is 5.11 Å². The van der Waals surface area contributed by atoms with Crippen LogP contribution >= 0.6 is 0 Å². The fourth-order valence-corrected chi connectivity index (χ4v) is 2.55. The van der Waals surface area contributed by atoms with Crippen LogP contribution in [0.4, 0.5) is 0 Å². The maximum atomic E-state index is 10.2. The lowest BCUT2D eigenvalue weighted by Crippen LogP contribution is -1.97. The van der Waals surface area contributed by atoms with Crippen LogP contribution in [-0.4, -0.2) is 5.11 Å². The van der Waals surface area contributed by atoms with Gasteiger partial charge in [-0.05, 0) is 53.7 Å². The second kappa shape index (κ2) is 6.80. The van der Waals surface area contributed by atoms with Gasteiger partial charge in [0.05, 0.1) is 13.2 Å². The molecule has 2 heteroatoms. The Morgan fingerprint density at radius 2 is 1.64 bits per heavy atom. The summed E-state index contributed by atoms with van der Waals surface area (Å²) in [5.41, 5.74) is 5.65. The number of benzene rings is 2. The van der Waals surface area contributed by atoms with Crippen LogP contribution in [0.15, 0.2) is 54.1 Å². The van der Waals surface area contributed by atoms with Crippen LogP contribution in [0.5, 0.6) is 0 Å². The zero-order valence-electron chi connectivity index (χ0n) is 13.0. The summed E-state index contributed by atoms with van der Waals surface area (Å²) in [5.74, 6) is 0.472. The maximum Gasteiger partial charge on any atom is 0.122 e. The number of aliphatic hydroxyl groups is 1. The number of hydrogen-bond acceptors (Lipinski definition) is 2. The summed E-state index contributed by atoms with van der Waals surface area (Å²) >= 11 is 0. The predicted molar refractivity (Wildman–Crippen MR) is 89.5 cm³/mol. The lowest BCUT2D eigenvalue weighted by Gasteiger charge is -2.10. The Hall–Kier alpha value is -2.06. The molecule has 0 unspecified atom stereocenters. The average molecular weight is 294 g/mol. The van der Waals surface area contributed by atoms with Gasteiger partial charge in [0.2, 0.25) is 0 Å². The molecule has 1 aliphatic carbocycles. The molecule has 1 fully saturated rings. The molecule has 1 N–H and O–H groups in total. The molecule has 0 aliphatic heterocycles. The number of aliphatic hydroxyl groups excluding tert-OH is 1. The van der Waals surface area contributed by atoms with Crippen molar-refractivity contribution in [1.82, 2.24) is 0 Å². The van der Waals surface area contributed by atoms with E-state index in [0.717, 1.165) is 30.4 Å². The van der Waals surface area contributed by atoms with Crippen LogP contribution in [-0.2, 0) is 24.4 Å². The van der Waals surface area contributed by atoms with Crippen molar-refractivity contribution in [3.05, 3.63) is 76.4 Å². The minimum Gasteiger partial charge on any atom is -0.507 e.